The number of rotatable bonds is 3. The quantitative estimate of drug-likeness (QED) is 0.681. The van der Waals surface area contributed by atoms with Gasteiger partial charge in [0.2, 0.25) is 0 Å². The third-order valence-corrected chi connectivity index (χ3v) is 3.40. The molecule has 0 saturated carbocycles. The Morgan fingerprint density at radius 3 is 2.43 bits per heavy atom. The number of carbonyl (C=O) groups is 1. The van der Waals surface area contributed by atoms with Crippen LogP contribution in [0.4, 0.5) is 13.2 Å². The molecular formula is C14H7Cl2F3O2. The molecule has 0 aliphatic rings. The van der Waals surface area contributed by atoms with Crippen molar-refractivity contribution >= 4 is 29.5 Å². The summed E-state index contributed by atoms with van der Waals surface area (Å²) in [7, 11) is 0. The molecule has 0 spiro atoms. The lowest BCUT2D eigenvalue weighted by Crippen LogP contribution is -2.09. The normalized spacial score (nSPS) is 11.3. The van der Waals surface area contributed by atoms with Crippen LogP contribution >= 0.6 is 23.2 Å². The predicted octanol–water partition coefficient (Wildman–Crippen LogP) is 5.62. The van der Waals surface area contributed by atoms with Gasteiger partial charge in [0, 0.05) is 5.56 Å². The van der Waals surface area contributed by atoms with Crippen molar-refractivity contribution in [1.82, 2.24) is 0 Å². The Morgan fingerprint density at radius 1 is 1.10 bits per heavy atom. The van der Waals surface area contributed by atoms with Crippen molar-refractivity contribution in [3.63, 3.8) is 0 Å². The van der Waals surface area contributed by atoms with Gasteiger partial charge in [-0.15, -0.1) is 0 Å². The third-order valence-electron chi connectivity index (χ3n) is 2.60. The predicted molar refractivity (Wildman–Crippen MR) is 73.4 cm³/mol. The Hall–Kier alpha value is -1.72. The van der Waals surface area contributed by atoms with Crippen molar-refractivity contribution in [2.75, 3.05) is 0 Å². The summed E-state index contributed by atoms with van der Waals surface area (Å²) in [6, 6.07) is 7.55. The van der Waals surface area contributed by atoms with Gasteiger partial charge in [-0.2, -0.15) is 13.2 Å². The average Bonchev–Trinajstić information content (AvgIpc) is 2.43. The molecule has 2 rings (SSSR count). The first kappa shape index (κ1) is 15.7. The molecule has 2 nitrogen and oxygen atoms in total. The van der Waals surface area contributed by atoms with Crippen LogP contribution in [0.2, 0.25) is 10.0 Å². The second-order valence-electron chi connectivity index (χ2n) is 4.02. The second kappa shape index (κ2) is 5.95. The lowest BCUT2D eigenvalue weighted by molar-refractivity contribution is -0.137. The van der Waals surface area contributed by atoms with Crippen LogP contribution in [-0.2, 0) is 6.18 Å². The van der Waals surface area contributed by atoms with Gasteiger partial charge in [-0.3, -0.25) is 4.79 Å². The van der Waals surface area contributed by atoms with Gasteiger partial charge in [-0.05, 0) is 30.3 Å². The fourth-order valence-corrected chi connectivity index (χ4v) is 1.97. The van der Waals surface area contributed by atoms with E-state index in [-0.39, 0.29) is 27.8 Å². The highest BCUT2D eigenvalue weighted by Crippen LogP contribution is 2.38. The lowest BCUT2D eigenvalue weighted by Gasteiger charge is -2.13. The minimum absolute atomic E-state index is 0.0900. The fourth-order valence-electron chi connectivity index (χ4n) is 1.64. The van der Waals surface area contributed by atoms with Crippen molar-refractivity contribution in [3.8, 4) is 11.5 Å². The van der Waals surface area contributed by atoms with Gasteiger partial charge in [0.05, 0.1) is 10.6 Å². The number of ether oxygens (including phenoxy) is 1. The molecule has 0 N–H and O–H groups in total. The van der Waals surface area contributed by atoms with E-state index in [9.17, 15) is 18.0 Å². The Balaban J connectivity index is 2.42. The average molecular weight is 335 g/mol. The van der Waals surface area contributed by atoms with Crippen molar-refractivity contribution in [1.29, 1.82) is 0 Å². The largest absolute Gasteiger partial charge is 0.456 e. The maximum atomic E-state index is 12.8. The molecule has 0 heterocycles. The van der Waals surface area contributed by atoms with Gasteiger partial charge in [0.25, 0.3) is 0 Å². The summed E-state index contributed by atoms with van der Waals surface area (Å²) in [5.74, 6) is 0.0215. The van der Waals surface area contributed by atoms with Crippen LogP contribution in [0, 0.1) is 0 Å². The summed E-state index contributed by atoms with van der Waals surface area (Å²) in [6.07, 6.45) is -4.52. The zero-order chi connectivity index (χ0) is 15.6. The van der Waals surface area contributed by atoms with Crippen LogP contribution in [0.25, 0.3) is 0 Å². The molecule has 0 saturated heterocycles. The van der Waals surface area contributed by atoms with Gasteiger partial charge in [-0.25, -0.2) is 0 Å². The number of alkyl halides is 3. The molecule has 2 aromatic rings. The van der Waals surface area contributed by atoms with Crippen LogP contribution in [-0.4, -0.2) is 6.29 Å². The maximum absolute atomic E-state index is 12.8. The number of hydrogen-bond donors (Lipinski definition) is 0. The van der Waals surface area contributed by atoms with Crippen molar-refractivity contribution in [2.24, 2.45) is 0 Å². The second-order valence-corrected chi connectivity index (χ2v) is 4.80. The number of hydrogen-bond acceptors (Lipinski definition) is 2. The maximum Gasteiger partial charge on any atom is 0.417 e. The van der Waals surface area contributed by atoms with Gasteiger partial charge in [-0.1, -0.05) is 29.3 Å². The summed E-state index contributed by atoms with van der Waals surface area (Å²) in [5, 5.41) is 0.307. The molecule has 7 heteroatoms. The molecule has 0 amide bonds. The molecule has 0 fully saturated rings. The molecule has 110 valence electrons. The van der Waals surface area contributed by atoms with E-state index in [1.54, 1.807) is 6.07 Å². The van der Waals surface area contributed by atoms with E-state index in [1.807, 2.05) is 0 Å². The number of benzene rings is 2. The van der Waals surface area contributed by atoms with E-state index in [0.717, 1.165) is 12.1 Å². The highest BCUT2D eigenvalue weighted by atomic mass is 35.5. The molecule has 21 heavy (non-hydrogen) atoms. The summed E-state index contributed by atoms with van der Waals surface area (Å²) in [5.41, 5.74) is -1.54. The Labute approximate surface area is 128 Å². The minimum Gasteiger partial charge on any atom is -0.456 e. The fraction of sp³-hybridized carbons (Fsp3) is 0.0714. The van der Waals surface area contributed by atoms with E-state index in [1.165, 1.54) is 18.2 Å². The third kappa shape index (κ3) is 3.49. The van der Waals surface area contributed by atoms with E-state index in [0.29, 0.717) is 0 Å². The zero-order valence-corrected chi connectivity index (χ0v) is 11.8. The van der Waals surface area contributed by atoms with E-state index in [2.05, 4.69) is 0 Å². The first-order chi connectivity index (χ1) is 9.82. The monoisotopic (exact) mass is 334 g/mol. The molecule has 0 aromatic heterocycles. The molecular weight excluding hydrogens is 328 g/mol. The molecule has 0 bridgehead atoms. The van der Waals surface area contributed by atoms with Crippen molar-refractivity contribution in [3.05, 3.63) is 57.6 Å². The topological polar surface area (TPSA) is 26.3 Å². The van der Waals surface area contributed by atoms with Crippen molar-refractivity contribution in [2.45, 2.75) is 6.18 Å². The van der Waals surface area contributed by atoms with Crippen LogP contribution in [0.3, 0.4) is 0 Å². The highest BCUT2D eigenvalue weighted by Gasteiger charge is 2.33. The Bertz CT molecular complexity index is 684. The smallest absolute Gasteiger partial charge is 0.417 e. The number of halogens is 5. The number of aldehydes is 1. The van der Waals surface area contributed by atoms with Gasteiger partial charge in [0.15, 0.2) is 6.29 Å². The van der Waals surface area contributed by atoms with Crippen molar-refractivity contribution < 1.29 is 22.7 Å². The van der Waals surface area contributed by atoms with E-state index >= 15 is 0 Å². The molecule has 0 unspecified atom stereocenters. The molecule has 2 aromatic carbocycles. The van der Waals surface area contributed by atoms with E-state index < -0.39 is 17.3 Å². The summed E-state index contributed by atoms with van der Waals surface area (Å²) in [6.45, 7) is 0. The Morgan fingerprint density at radius 2 is 1.81 bits per heavy atom. The summed E-state index contributed by atoms with van der Waals surface area (Å²) in [4.78, 5) is 10.7. The standard InChI is InChI=1S/C14H7Cl2F3O2/c15-11-2-1-3-12(13(11)16)21-9-5-4-8(7-20)10(6-9)14(17,18)19/h1-7H. The minimum atomic E-state index is -4.66. The summed E-state index contributed by atoms with van der Waals surface area (Å²) < 4.78 is 43.8. The highest BCUT2D eigenvalue weighted by molar-refractivity contribution is 6.42. The number of carbonyl (C=O) groups excluding carboxylic acids is 1. The molecule has 0 aliphatic carbocycles. The van der Waals surface area contributed by atoms with Gasteiger partial charge >= 0.3 is 6.18 Å². The zero-order valence-electron chi connectivity index (χ0n) is 10.2. The molecule has 0 radical (unpaired) electrons. The first-order valence-electron chi connectivity index (χ1n) is 5.61. The van der Waals surface area contributed by atoms with Crippen LogP contribution < -0.4 is 4.74 Å². The SMILES string of the molecule is O=Cc1ccc(Oc2cccc(Cl)c2Cl)cc1C(F)(F)F. The summed E-state index contributed by atoms with van der Waals surface area (Å²) >= 11 is 11.7. The lowest BCUT2D eigenvalue weighted by atomic mass is 10.1. The first-order valence-corrected chi connectivity index (χ1v) is 6.37. The van der Waals surface area contributed by atoms with Crippen LogP contribution in [0.1, 0.15) is 15.9 Å². The Kier molecular flexibility index (Phi) is 4.44. The molecule has 0 aliphatic heterocycles. The van der Waals surface area contributed by atoms with Crippen LogP contribution in [0.5, 0.6) is 11.5 Å². The van der Waals surface area contributed by atoms with E-state index in [4.69, 9.17) is 27.9 Å². The van der Waals surface area contributed by atoms with Crippen LogP contribution in [0.15, 0.2) is 36.4 Å². The van der Waals surface area contributed by atoms with Gasteiger partial charge in [0.1, 0.15) is 16.5 Å². The molecule has 0 atom stereocenters. The van der Waals surface area contributed by atoms with Gasteiger partial charge < -0.3 is 4.74 Å².